The van der Waals surface area contributed by atoms with Crippen molar-refractivity contribution in [1.29, 1.82) is 0 Å². The molecule has 4 saturated carbocycles. The summed E-state index contributed by atoms with van der Waals surface area (Å²) in [6, 6.07) is 7.30. The molecule has 1 heterocycles. The molecule has 1 aromatic carbocycles. The number of thioether (sulfide) groups is 1. The Morgan fingerprint density at radius 3 is 2.52 bits per heavy atom. The van der Waals surface area contributed by atoms with E-state index in [0.717, 1.165) is 37.0 Å². The molecule has 4 aliphatic rings. The van der Waals surface area contributed by atoms with Gasteiger partial charge in [0.2, 0.25) is 5.91 Å². The van der Waals surface area contributed by atoms with E-state index in [2.05, 4.69) is 5.32 Å². The highest BCUT2D eigenvalue weighted by Gasteiger charge is 2.51. The lowest BCUT2D eigenvalue weighted by Crippen LogP contribution is -2.60. The quantitative estimate of drug-likeness (QED) is 0.509. The van der Waals surface area contributed by atoms with E-state index < -0.39 is 0 Å². The van der Waals surface area contributed by atoms with Gasteiger partial charge >= 0.3 is 0 Å². The minimum Gasteiger partial charge on any atom is -0.396 e. The summed E-state index contributed by atoms with van der Waals surface area (Å²) >= 11 is 1.34. The highest BCUT2D eigenvalue weighted by atomic mass is 32.2. The summed E-state index contributed by atoms with van der Waals surface area (Å²) in [6.07, 6.45) is 7.88. The molecule has 0 spiro atoms. The van der Waals surface area contributed by atoms with Crippen molar-refractivity contribution < 1.29 is 9.90 Å². The molecule has 0 saturated heterocycles. The third-order valence-electron chi connectivity index (χ3n) is 7.44. The van der Waals surface area contributed by atoms with Crippen molar-refractivity contribution in [2.45, 2.75) is 74.4 Å². The standard InChI is InChI=1S/C24H31N3O3S/c1-15(21(29)26-24-12-16-9-17(13-24)11-18(10-16)14-24)31-23-25-20-6-3-2-5-19(20)22(30)27(23)7-4-8-28/h2-3,5-6,15-18,28H,4,7-14H2,1H3,(H,26,29). The highest BCUT2D eigenvalue weighted by molar-refractivity contribution is 8.00. The Kier molecular flexibility index (Phi) is 5.59. The van der Waals surface area contributed by atoms with Crippen molar-refractivity contribution in [3.63, 3.8) is 0 Å². The maximum absolute atomic E-state index is 13.2. The number of aliphatic hydroxyl groups excluding tert-OH is 1. The maximum atomic E-state index is 13.2. The second-order valence-corrected chi connectivity index (χ2v) is 11.2. The van der Waals surface area contributed by atoms with Crippen LogP contribution >= 0.6 is 11.8 Å². The van der Waals surface area contributed by atoms with Gasteiger partial charge in [0.15, 0.2) is 5.16 Å². The summed E-state index contributed by atoms with van der Waals surface area (Å²) < 4.78 is 1.61. The zero-order chi connectivity index (χ0) is 21.6. The molecule has 1 aromatic heterocycles. The van der Waals surface area contributed by atoms with E-state index in [9.17, 15) is 14.7 Å². The zero-order valence-electron chi connectivity index (χ0n) is 18.0. The first-order valence-corrected chi connectivity index (χ1v) is 12.4. The van der Waals surface area contributed by atoms with Crippen molar-refractivity contribution in [3.8, 4) is 0 Å². The second kappa shape index (κ2) is 8.24. The van der Waals surface area contributed by atoms with Crippen LogP contribution in [0.4, 0.5) is 0 Å². The van der Waals surface area contributed by atoms with Crippen molar-refractivity contribution >= 4 is 28.6 Å². The van der Waals surface area contributed by atoms with Crippen LogP contribution in [0, 0.1) is 17.8 Å². The molecule has 0 aliphatic heterocycles. The third-order valence-corrected chi connectivity index (χ3v) is 8.53. The summed E-state index contributed by atoms with van der Waals surface area (Å²) in [5, 5.41) is 13.5. The van der Waals surface area contributed by atoms with Gasteiger partial charge in [-0.15, -0.1) is 0 Å². The first-order valence-electron chi connectivity index (χ1n) is 11.6. The molecule has 2 aromatic rings. The van der Waals surface area contributed by atoms with Crippen molar-refractivity contribution in [1.82, 2.24) is 14.9 Å². The fourth-order valence-corrected chi connectivity index (χ4v) is 7.44. The van der Waals surface area contributed by atoms with E-state index in [-0.39, 0.29) is 28.9 Å². The number of aromatic nitrogens is 2. The molecule has 166 valence electrons. The van der Waals surface area contributed by atoms with E-state index in [0.29, 0.717) is 29.0 Å². The van der Waals surface area contributed by atoms with E-state index in [4.69, 9.17) is 4.98 Å². The van der Waals surface area contributed by atoms with Crippen LogP contribution in [0.5, 0.6) is 0 Å². The van der Waals surface area contributed by atoms with E-state index in [1.165, 1.54) is 31.0 Å². The molecule has 4 aliphatic carbocycles. The summed E-state index contributed by atoms with van der Waals surface area (Å²) in [5.74, 6) is 2.38. The lowest BCUT2D eigenvalue weighted by Gasteiger charge is -2.57. The molecule has 6 nitrogen and oxygen atoms in total. The molecule has 4 fully saturated rings. The fraction of sp³-hybridized carbons (Fsp3) is 0.625. The van der Waals surface area contributed by atoms with Gasteiger partial charge in [-0.1, -0.05) is 23.9 Å². The topological polar surface area (TPSA) is 84.2 Å². The normalized spacial score (nSPS) is 29.9. The number of para-hydroxylation sites is 1. The maximum Gasteiger partial charge on any atom is 0.262 e. The first kappa shape index (κ1) is 21.0. The number of hydrogen-bond acceptors (Lipinski definition) is 5. The number of aliphatic hydroxyl groups is 1. The molecule has 7 heteroatoms. The molecule has 1 unspecified atom stereocenters. The van der Waals surface area contributed by atoms with E-state index >= 15 is 0 Å². The summed E-state index contributed by atoms with van der Waals surface area (Å²) in [4.78, 5) is 31.0. The van der Waals surface area contributed by atoms with Gasteiger partial charge in [0.1, 0.15) is 0 Å². The Hall–Kier alpha value is -1.86. The molecule has 4 bridgehead atoms. The summed E-state index contributed by atoms with van der Waals surface area (Å²) in [6.45, 7) is 2.29. The van der Waals surface area contributed by atoms with Crippen LogP contribution in [0.2, 0.25) is 0 Å². The summed E-state index contributed by atoms with van der Waals surface area (Å²) in [7, 11) is 0. The number of rotatable bonds is 7. The van der Waals surface area contributed by atoms with Gasteiger partial charge in [0.05, 0.1) is 16.2 Å². The molecule has 6 rings (SSSR count). The molecule has 0 radical (unpaired) electrons. The van der Waals surface area contributed by atoms with Crippen molar-refractivity contribution in [2.24, 2.45) is 17.8 Å². The minimum atomic E-state index is -0.346. The number of nitrogens with one attached hydrogen (secondary N) is 1. The SMILES string of the molecule is CC(Sc1nc2ccccc2c(=O)n1CCCO)C(=O)NC12CC3CC(CC(C3)C1)C2. The number of amides is 1. The lowest BCUT2D eigenvalue weighted by atomic mass is 9.53. The Morgan fingerprint density at radius 2 is 1.87 bits per heavy atom. The van der Waals surface area contributed by atoms with Crippen LogP contribution in [-0.4, -0.2) is 38.0 Å². The predicted octanol–water partition coefficient (Wildman–Crippen LogP) is 3.34. The molecular formula is C24H31N3O3S. The Labute approximate surface area is 186 Å². The number of nitrogens with zero attached hydrogens (tertiary/aromatic N) is 2. The van der Waals surface area contributed by atoms with Crippen LogP contribution in [-0.2, 0) is 11.3 Å². The average molecular weight is 442 g/mol. The van der Waals surface area contributed by atoms with Crippen molar-refractivity contribution in [2.75, 3.05) is 6.61 Å². The van der Waals surface area contributed by atoms with Gasteiger partial charge in [-0.25, -0.2) is 4.98 Å². The van der Waals surface area contributed by atoms with E-state index in [1.54, 1.807) is 10.6 Å². The average Bonchev–Trinajstić information content (AvgIpc) is 2.72. The Balaban J connectivity index is 1.36. The molecular weight excluding hydrogens is 410 g/mol. The monoisotopic (exact) mass is 441 g/mol. The number of carbonyl (C=O) groups is 1. The first-order chi connectivity index (χ1) is 15.0. The minimum absolute atomic E-state index is 0.00539. The second-order valence-electron chi connectivity index (χ2n) is 9.89. The largest absolute Gasteiger partial charge is 0.396 e. The zero-order valence-corrected chi connectivity index (χ0v) is 18.9. The van der Waals surface area contributed by atoms with Crippen LogP contribution in [0.3, 0.4) is 0 Å². The Bertz CT molecular complexity index is 1010. The molecule has 1 atom stereocenters. The smallest absolute Gasteiger partial charge is 0.262 e. The number of carbonyl (C=O) groups excluding carboxylic acids is 1. The predicted molar refractivity (Wildman–Crippen MR) is 122 cm³/mol. The molecule has 2 N–H and O–H groups in total. The van der Waals surface area contributed by atoms with Crippen LogP contribution < -0.4 is 10.9 Å². The van der Waals surface area contributed by atoms with Crippen LogP contribution in [0.25, 0.3) is 10.9 Å². The molecule has 31 heavy (non-hydrogen) atoms. The van der Waals surface area contributed by atoms with Gasteiger partial charge in [-0.05, 0) is 81.8 Å². The van der Waals surface area contributed by atoms with Crippen LogP contribution in [0.1, 0.15) is 51.9 Å². The molecule has 1 amide bonds. The van der Waals surface area contributed by atoms with Gasteiger partial charge in [-0.3, -0.25) is 14.2 Å². The summed E-state index contributed by atoms with van der Waals surface area (Å²) in [5.41, 5.74) is 0.507. The fourth-order valence-electron chi connectivity index (χ4n) is 6.50. The third kappa shape index (κ3) is 4.02. The van der Waals surface area contributed by atoms with Crippen LogP contribution in [0.15, 0.2) is 34.2 Å². The lowest BCUT2D eigenvalue weighted by molar-refractivity contribution is -0.126. The Morgan fingerprint density at radius 1 is 1.23 bits per heavy atom. The highest BCUT2D eigenvalue weighted by Crippen LogP contribution is 2.55. The number of fused-ring (bicyclic) bond motifs is 1. The van der Waals surface area contributed by atoms with Gasteiger partial charge < -0.3 is 10.4 Å². The number of hydrogen-bond donors (Lipinski definition) is 2. The van der Waals surface area contributed by atoms with Gasteiger partial charge in [-0.2, -0.15) is 0 Å². The van der Waals surface area contributed by atoms with Crippen molar-refractivity contribution in [3.05, 3.63) is 34.6 Å². The van der Waals surface area contributed by atoms with Gasteiger partial charge in [0.25, 0.3) is 5.56 Å². The van der Waals surface area contributed by atoms with E-state index in [1.807, 2.05) is 25.1 Å². The number of benzene rings is 1. The van der Waals surface area contributed by atoms with Gasteiger partial charge in [0, 0.05) is 18.7 Å².